The number of rotatable bonds is 4. The van der Waals surface area contributed by atoms with E-state index in [1.165, 1.54) is 0 Å². The van der Waals surface area contributed by atoms with E-state index in [1.54, 1.807) is 31.4 Å². The number of anilines is 1. The predicted molar refractivity (Wildman–Crippen MR) is 69.9 cm³/mol. The lowest BCUT2D eigenvalue weighted by molar-refractivity contribution is -0.113. The van der Waals surface area contributed by atoms with E-state index >= 15 is 0 Å². The van der Waals surface area contributed by atoms with Crippen molar-refractivity contribution >= 4 is 28.5 Å². The Labute approximate surface area is 103 Å². The lowest BCUT2D eigenvalue weighted by Gasteiger charge is -2.05. The molecular formula is C10H14N4O2S. The standard InChI is InChI=1S/C10H14N4O2S/c1-16-8-4-2-7(3-5-8)13-9(15)6-17-10(11)14-12/h2-5H,6,12H2,1H3,(H2,11,14)(H,13,15). The summed E-state index contributed by atoms with van der Waals surface area (Å²) in [6.07, 6.45) is 0. The van der Waals surface area contributed by atoms with Crippen molar-refractivity contribution in [1.29, 1.82) is 0 Å². The summed E-state index contributed by atoms with van der Waals surface area (Å²) in [5.74, 6) is 5.66. The molecule has 0 bridgehead atoms. The number of carbonyl (C=O) groups is 1. The molecule has 0 aromatic heterocycles. The summed E-state index contributed by atoms with van der Waals surface area (Å²) in [5.41, 5.74) is 6.04. The number of amidine groups is 1. The summed E-state index contributed by atoms with van der Waals surface area (Å²) in [5, 5.41) is 6.13. The van der Waals surface area contributed by atoms with Gasteiger partial charge >= 0.3 is 0 Å². The minimum atomic E-state index is -0.174. The molecule has 1 amide bonds. The quantitative estimate of drug-likeness (QED) is 0.315. The molecule has 6 nitrogen and oxygen atoms in total. The largest absolute Gasteiger partial charge is 0.497 e. The van der Waals surface area contributed by atoms with Crippen molar-refractivity contribution < 1.29 is 9.53 Å². The molecule has 1 aromatic carbocycles. The molecule has 1 aromatic rings. The van der Waals surface area contributed by atoms with Crippen LogP contribution >= 0.6 is 11.8 Å². The van der Waals surface area contributed by atoms with Gasteiger partial charge in [-0.25, -0.2) is 0 Å². The van der Waals surface area contributed by atoms with Gasteiger partial charge in [-0.15, -0.1) is 0 Å². The van der Waals surface area contributed by atoms with Crippen LogP contribution in [0.5, 0.6) is 5.75 Å². The van der Waals surface area contributed by atoms with Crippen LogP contribution in [0.3, 0.4) is 0 Å². The van der Waals surface area contributed by atoms with Gasteiger partial charge in [-0.05, 0) is 24.3 Å². The first-order valence-corrected chi connectivity index (χ1v) is 5.74. The molecule has 7 heteroatoms. The number of nitrogens with zero attached hydrogens (tertiary/aromatic N) is 1. The van der Waals surface area contributed by atoms with Crippen molar-refractivity contribution in [3.8, 4) is 5.75 Å². The van der Waals surface area contributed by atoms with Gasteiger partial charge in [0.2, 0.25) is 5.91 Å². The third kappa shape index (κ3) is 4.64. The Morgan fingerprint density at radius 2 is 2.12 bits per heavy atom. The zero-order valence-electron chi connectivity index (χ0n) is 9.34. The van der Waals surface area contributed by atoms with E-state index in [-0.39, 0.29) is 16.8 Å². The summed E-state index contributed by atoms with van der Waals surface area (Å²) >= 11 is 1.08. The van der Waals surface area contributed by atoms with Crippen LogP contribution in [0, 0.1) is 0 Å². The molecule has 0 aliphatic heterocycles. The number of carbonyl (C=O) groups excluding carboxylic acids is 1. The van der Waals surface area contributed by atoms with Gasteiger partial charge in [0.25, 0.3) is 0 Å². The van der Waals surface area contributed by atoms with Crippen LogP contribution < -0.4 is 21.6 Å². The molecule has 0 unspecified atom stereocenters. The first-order valence-electron chi connectivity index (χ1n) is 4.75. The number of thioether (sulfide) groups is 1. The maximum Gasteiger partial charge on any atom is 0.234 e. The van der Waals surface area contributed by atoms with Crippen molar-refractivity contribution in [2.45, 2.75) is 0 Å². The van der Waals surface area contributed by atoms with Gasteiger partial charge in [-0.2, -0.15) is 5.10 Å². The fraction of sp³-hybridized carbons (Fsp3) is 0.200. The first kappa shape index (κ1) is 13.2. The number of methoxy groups -OCH3 is 1. The van der Waals surface area contributed by atoms with Crippen molar-refractivity contribution in [3.05, 3.63) is 24.3 Å². The minimum absolute atomic E-state index is 0.165. The fourth-order valence-corrected chi connectivity index (χ4v) is 1.47. The maximum absolute atomic E-state index is 11.5. The second kappa shape index (κ2) is 6.64. The second-order valence-corrected chi connectivity index (χ2v) is 4.03. The number of ether oxygens (including phenoxy) is 1. The minimum Gasteiger partial charge on any atom is -0.497 e. The smallest absolute Gasteiger partial charge is 0.234 e. The van der Waals surface area contributed by atoms with E-state index in [4.69, 9.17) is 16.3 Å². The zero-order chi connectivity index (χ0) is 12.7. The third-order valence-electron chi connectivity index (χ3n) is 1.85. The Kier molecular flexibility index (Phi) is 5.15. The molecule has 0 heterocycles. The van der Waals surface area contributed by atoms with Crippen LogP contribution in [0.4, 0.5) is 5.69 Å². The summed E-state index contributed by atoms with van der Waals surface area (Å²) in [6.45, 7) is 0. The maximum atomic E-state index is 11.5. The average molecular weight is 254 g/mol. The Hall–Kier alpha value is -1.89. The van der Waals surface area contributed by atoms with Gasteiger partial charge < -0.3 is 21.6 Å². The van der Waals surface area contributed by atoms with E-state index in [0.29, 0.717) is 5.69 Å². The van der Waals surface area contributed by atoms with E-state index in [9.17, 15) is 4.79 Å². The number of hydrogen-bond acceptors (Lipinski definition) is 5. The Morgan fingerprint density at radius 1 is 1.47 bits per heavy atom. The zero-order valence-corrected chi connectivity index (χ0v) is 10.2. The monoisotopic (exact) mass is 254 g/mol. The van der Waals surface area contributed by atoms with Crippen molar-refractivity contribution in [3.63, 3.8) is 0 Å². The fourth-order valence-electron chi connectivity index (χ4n) is 1.05. The highest BCUT2D eigenvalue weighted by atomic mass is 32.2. The molecule has 0 atom stereocenters. The van der Waals surface area contributed by atoms with Gasteiger partial charge in [-0.3, -0.25) is 4.79 Å². The van der Waals surface area contributed by atoms with E-state index in [0.717, 1.165) is 17.5 Å². The lowest BCUT2D eigenvalue weighted by Crippen LogP contribution is -2.18. The molecule has 0 aliphatic rings. The molecule has 0 fully saturated rings. The number of nitrogens with two attached hydrogens (primary N) is 2. The normalized spacial score (nSPS) is 11.0. The topological polar surface area (TPSA) is 103 Å². The highest BCUT2D eigenvalue weighted by Crippen LogP contribution is 2.15. The molecule has 92 valence electrons. The van der Waals surface area contributed by atoms with Crippen LogP contribution in [-0.2, 0) is 4.79 Å². The molecule has 0 spiro atoms. The highest BCUT2D eigenvalue weighted by molar-refractivity contribution is 8.14. The van der Waals surface area contributed by atoms with Crippen LogP contribution in [0.25, 0.3) is 0 Å². The molecular weight excluding hydrogens is 240 g/mol. The Balaban J connectivity index is 2.45. The highest BCUT2D eigenvalue weighted by Gasteiger charge is 2.04. The van der Waals surface area contributed by atoms with Crippen LogP contribution in [0.1, 0.15) is 0 Å². The van der Waals surface area contributed by atoms with Gasteiger partial charge in [-0.1, -0.05) is 11.8 Å². The Morgan fingerprint density at radius 3 is 2.65 bits per heavy atom. The summed E-state index contributed by atoms with van der Waals surface area (Å²) in [4.78, 5) is 11.5. The van der Waals surface area contributed by atoms with Crippen molar-refractivity contribution in [2.24, 2.45) is 16.7 Å². The van der Waals surface area contributed by atoms with Crippen LogP contribution in [0.15, 0.2) is 29.4 Å². The number of amides is 1. The number of nitrogens with one attached hydrogen (secondary N) is 1. The number of hydrogen-bond donors (Lipinski definition) is 3. The van der Waals surface area contributed by atoms with Crippen molar-refractivity contribution in [1.82, 2.24) is 0 Å². The molecule has 0 aliphatic carbocycles. The average Bonchev–Trinajstić information content (AvgIpc) is 2.36. The molecule has 1 rings (SSSR count). The van der Waals surface area contributed by atoms with E-state index < -0.39 is 0 Å². The van der Waals surface area contributed by atoms with Gasteiger partial charge in [0.15, 0.2) is 5.17 Å². The van der Waals surface area contributed by atoms with E-state index in [2.05, 4.69) is 10.4 Å². The Bertz CT molecular complexity index is 405. The van der Waals surface area contributed by atoms with Gasteiger partial charge in [0.05, 0.1) is 12.9 Å². The molecule has 17 heavy (non-hydrogen) atoms. The lowest BCUT2D eigenvalue weighted by atomic mass is 10.3. The molecule has 0 saturated heterocycles. The van der Waals surface area contributed by atoms with Gasteiger partial charge in [0, 0.05) is 5.69 Å². The molecule has 5 N–H and O–H groups in total. The SMILES string of the molecule is COc1ccc(NC(=O)CSC(N)=NN)cc1. The van der Waals surface area contributed by atoms with Crippen LogP contribution in [0.2, 0.25) is 0 Å². The molecule has 0 saturated carbocycles. The second-order valence-electron chi connectivity index (χ2n) is 3.03. The van der Waals surface area contributed by atoms with Crippen LogP contribution in [-0.4, -0.2) is 23.9 Å². The third-order valence-corrected chi connectivity index (χ3v) is 2.66. The molecule has 0 radical (unpaired) electrons. The number of benzene rings is 1. The summed E-state index contributed by atoms with van der Waals surface area (Å²) < 4.78 is 5.00. The summed E-state index contributed by atoms with van der Waals surface area (Å²) in [6, 6.07) is 7.03. The summed E-state index contributed by atoms with van der Waals surface area (Å²) in [7, 11) is 1.58. The van der Waals surface area contributed by atoms with Crippen molar-refractivity contribution in [2.75, 3.05) is 18.2 Å². The predicted octanol–water partition coefficient (Wildman–Crippen LogP) is 0.555. The first-order chi connectivity index (χ1) is 8.15. The number of hydrazone groups is 1. The van der Waals surface area contributed by atoms with Gasteiger partial charge in [0.1, 0.15) is 5.75 Å². The van der Waals surface area contributed by atoms with E-state index in [1.807, 2.05) is 0 Å².